The average Bonchev–Trinajstić information content (AvgIpc) is 2.65. The molecule has 1 aromatic rings. The smallest absolute Gasteiger partial charge is 0.315 e. The van der Waals surface area contributed by atoms with Crippen molar-refractivity contribution >= 4 is 17.5 Å². The zero-order valence-corrected chi connectivity index (χ0v) is 17.8. The SMILES string of the molecule is COCCOC(=O)C1C(C)=NC2=C(C(=O)CC(C)(C)C2)[C@H]1c1ccccc1OC. The first kappa shape index (κ1) is 21.2. The highest BCUT2D eigenvalue weighted by atomic mass is 16.6. The van der Waals surface area contributed by atoms with E-state index in [1.807, 2.05) is 31.2 Å². The van der Waals surface area contributed by atoms with Gasteiger partial charge in [0.05, 0.1) is 13.7 Å². The van der Waals surface area contributed by atoms with Crippen LogP contribution >= 0.6 is 0 Å². The lowest BCUT2D eigenvalue weighted by Crippen LogP contribution is -2.39. The van der Waals surface area contributed by atoms with Crippen LogP contribution in [0, 0.1) is 11.3 Å². The summed E-state index contributed by atoms with van der Waals surface area (Å²) in [4.78, 5) is 31.0. The Morgan fingerprint density at radius 3 is 2.59 bits per heavy atom. The van der Waals surface area contributed by atoms with E-state index in [0.717, 1.165) is 11.3 Å². The van der Waals surface area contributed by atoms with E-state index in [0.29, 0.717) is 36.5 Å². The first-order chi connectivity index (χ1) is 13.8. The van der Waals surface area contributed by atoms with Gasteiger partial charge in [-0.25, -0.2) is 0 Å². The minimum atomic E-state index is -0.674. The van der Waals surface area contributed by atoms with Crippen LogP contribution in [0.1, 0.15) is 45.1 Å². The van der Waals surface area contributed by atoms with Crippen molar-refractivity contribution in [3.05, 3.63) is 41.1 Å². The van der Waals surface area contributed by atoms with E-state index < -0.39 is 17.8 Å². The second-order valence-corrected chi connectivity index (χ2v) is 8.41. The average molecular weight is 399 g/mol. The highest BCUT2D eigenvalue weighted by molar-refractivity contribution is 6.09. The van der Waals surface area contributed by atoms with Crippen molar-refractivity contribution in [1.29, 1.82) is 0 Å². The zero-order chi connectivity index (χ0) is 21.2. The Hall–Kier alpha value is -2.47. The second-order valence-electron chi connectivity index (χ2n) is 8.41. The Bertz CT molecular complexity index is 868. The third-order valence-corrected chi connectivity index (χ3v) is 5.56. The number of para-hydroxylation sites is 1. The molecule has 0 amide bonds. The van der Waals surface area contributed by atoms with Crippen molar-refractivity contribution in [2.45, 2.75) is 39.5 Å². The van der Waals surface area contributed by atoms with Gasteiger partial charge in [0.15, 0.2) is 5.78 Å². The molecule has 1 aliphatic carbocycles. The number of Topliss-reactive ketones (excluding diaryl/α,β-unsaturated/α-hetero) is 1. The molecule has 1 aromatic carbocycles. The molecule has 0 saturated carbocycles. The lowest BCUT2D eigenvalue weighted by Gasteiger charge is -2.39. The van der Waals surface area contributed by atoms with Gasteiger partial charge in [0.1, 0.15) is 18.3 Å². The number of hydrogen-bond donors (Lipinski definition) is 0. The maximum Gasteiger partial charge on any atom is 0.315 e. The fraction of sp³-hybridized carbons (Fsp3) is 0.522. The fourth-order valence-corrected chi connectivity index (χ4v) is 4.33. The highest BCUT2D eigenvalue weighted by Gasteiger charge is 2.46. The van der Waals surface area contributed by atoms with Gasteiger partial charge in [-0.15, -0.1) is 0 Å². The standard InChI is InChI=1S/C23H29NO5/c1-14-19(22(26)29-11-10-27-4)20(15-8-6-7-9-18(15)28-5)21-16(24-14)12-23(2,3)13-17(21)25/h6-9,19-20H,10-13H2,1-5H3/t19?,20-/m0/s1. The van der Waals surface area contributed by atoms with Gasteiger partial charge in [0, 0.05) is 42.0 Å². The predicted molar refractivity (Wildman–Crippen MR) is 110 cm³/mol. The van der Waals surface area contributed by atoms with Gasteiger partial charge in [0.2, 0.25) is 0 Å². The summed E-state index contributed by atoms with van der Waals surface area (Å²) < 4.78 is 16.0. The molecule has 1 heterocycles. The Morgan fingerprint density at radius 2 is 1.90 bits per heavy atom. The molecular formula is C23H29NO5. The Balaban J connectivity index is 2.12. The van der Waals surface area contributed by atoms with Crippen LogP contribution < -0.4 is 4.74 Å². The third-order valence-electron chi connectivity index (χ3n) is 5.56. The summed E-state index contributed by atoms with van der Waals surface area (Å²) in [6.45, 7) is 6.45. The van der Waals surface area contributed by atoms with Crippen molar-refractivity contribution in [3.8, 4) is 5.75 Å². The lowest BCUT2D eigenvalue weighted by molar-refractivity contribution is -0.147. The van der Waals surface area contributed by atoms with Crippen LogP contribution in [0.5, 0.6) is 5.75 Å². The van der Waals surface area contributed by atoms with Crippen LogP contribution in [-0.4, -0.2) is 44.9 Å². The van der Waals surface area contributed by atoms with Crippen LogP contribution in [0.2, 0.25) is 0 Å². The zero-order valence-electron chi connectivity index (χ0n) is 17.8. The van der Waals surface area contributed by atoms with Gasteiger partial charge in [0.25, 0.3) is 0 Å². The molecule has 0 saturated heterocycles. The maximum atomic E-state index is 13.2. The molecule has 0 N–H and O–H groups in total. The van der Waals surface area contributed by atoms with E-state index in [9.17, 15) is 9.59 Å². The molecule has 3 rings (SSSR count). The molecule has 0 fully saturated rings. The van der Waals surface area contributed by atoms with Crippen LogP contribution in [0.25, 0.3) is 0 Å². The normalized spacial score (nSPS) is 23.3. The van der Waals surface area contributed by atoms with E-state index in [-0.39, 0.29) is 17.8 Å². The summed E-state index contributed by atoms with van der Waals surface area (Å²) in [5.41, 5.74) is 2.70. The van der Waals surface area contributed by atoms with Crippen molar-refractivity contribution in [3.63, 3.8) is 0 Å². The number of benzene rings is 1. The van der Waals surface area contributed by atoms with Crippen molar-refractivity contribution in [2.75, 3.05) is 27.4 Å². The molecule has 6 heteroatoms. The fourth-order valence-electron chi connectivity index (χ4n) is 4.33. The molecule has 0 aromatic heterocycles. The predicted octanol–water partition coefficient (Wildman–Crippen LogP) is 3.70. The molecule has 156 valence electrons. The van der Waals surface area contributed by atoms with Gasteiger partial charge in [-0.3, -0.25) is 14.6 Å². The quantitative estimate of drug-likeness (QED) is 0.539. The van der Waals surface area contributed by atoms with Crippen molar-refractivity contribution in [2.24, 2.45) is 16.3 Å². The number of ketones is 1. The van der Waals surface area contributed by atoms with E-state index in [1.165, 1.54) is 0 Å². The van der Waals surface area contributed by atoms with Gasteiger partial charge < -0.3 is 14.2 Å². The number of carbonyl (C=O) groups excluding carboxylic acids is 2. The van der Waals surface area contributed by atoms with E-state index in [4.69, 9.17) is 19.2 Å². The summed E-state index contributed by atoms with van der Waals surface area (Å²) in [5.74, 6) is -0.864. The molecule has 0 spiro atoms. The first-order valence-electron chi connectivity index (χ1n) is 9.89. The molecule has 29 heavy (non-hydrogen) atoms. The lowest BCUT2D eigenvalue weighted by atomic mass is 9.66. The van der Waals surface area contributed by atoms with Gasteiger partial charge >= 0.3 is 5.97 Å². The number of allylic oxidation sites excluding steroid dienone is 2. The summed E-state index contributed by atoms with van der Waals surface area (Å²) >= 11 is 0. The first-order valence-corrected chi connectivity index (χ1v) is 9.89. The van der Waals surface area contributed by atoms with Crippen molar-refractivity contribution in [1.82, 2.24) is 0 Å². The summed E-state index contributed by atoms with van der Waals surface area (Å²) in [5, 5.41) is 0. The van der Waals surface area contributed by atoms with Crippen LogP contribution in [-0.2, 0) is 19.1 Å². The minimum absolute atomic E-state index is 0.0399. The Morgan fingerprint density at radius 1 is 1.17 bits per heavy atom. The molecular weight excluding hydrogens is 370 g/mol. The minimum Gasteiger partial charge on any atom is -0.496 e. The van der Waals surface area contributed by atoms with Crippen LogP contribution in [0.3, 0.4) is 0 Å². The number of methoxy groups -OCH3 is 2. The van der Waals surface area contributed by atoms with Gasteiger partial charge in [-0.2, -0.15) is 0 Å². The summed E-state index contributed by atoms with van der Waals surface area (Å²) in [7, 11) is 3.15. The van der Waals surface area contributed by atoms with E-state index >= 15 is 0 Å². The van der Waals surface area contributed by atoms with Crippen LogP contribution in [0.4, 0.5) is 0 Å². The number of aliphatic imine (C=N–C) groups is 1. The molecule has 0 radical (unpaired) electrons. The maximum absolute atomic E-state index is 13.2. The number of rotatable bonds is 6. The Kier molecular flexibility index (Phi) is 6.22. The highest BCUT2D eigenvalue weighted by Crippen LogP contribution is 2.49. The molecule has 1 unspecified atom stereocenters. The molecule has 6 nitrogen and oxygen atoms in total. The second kappa shape index (κ2) is 8.49. The van der Waals surface area contributed by atoms with Gasteiger partial charge in [-0.1, -0.05) is 32.0 Å². The van der Waals surface area contributed by atoms with E-state index in [1.54, 1.807) is 14.2 Å². The molecule has 1 aliphatic heterocycles. The summed E-state index contributed by atoms with van der Waals surface area (Å²) in [6, 6.07) is 7.53. The number of carbonyl (C=O) groups is 2. The van der Waals surface area contributed by atoms with Crippen LogP contribution in [0.15, 0.2) is 40.5 Å². The van der Waals surface area contributed by atoms with E-state index in [2.05, 4.69) is 13.8 Å². The number of ether oxygens (including phenoxy) is 3. The number of nitrogens with zero attached hydrogens (tertiary/aromatic N) is 1. The molecule has 2 atom stereocenters. The number of esters is 1. The number of hydrogen-bond acceptors (Lipinski definition) is 6. The topological polar surface area (TPSA) is 74.2 Å². The molecule has 0 bridgehead atoms. The third kappa shape index (κ3) is 4.27. The summed E-state index contributed by atoms with van der Waals surface area (Å²) in [6.07, 6.45) is 1.12. The van der Waals surface area contributed by atoms with Gasteiger partial charge in [-0.05, 0) is 24.8 Å². The largest absolute Gasteiger partial charge is 0.496 e. The van der Waals surface area contributed by atoms with Crippen molar-refractivity contribution < 1.29 is 23.8 Å². The Labute approximate surface area is 171 Å². The molecule has 2 aliphatic rings. The monoisotopic (exact) mass is 399 g/mol.